The molecule has 0 spiro atoms. The van der Waals surface area contributed by atoms with Crippen molar-refractivity contribution in [1.29, 1.82) is 0 Å². The van der Waals surface area contributed by atoms with Gasteiger partial charge in [0, 0.05) is 16.7 Å². The van der Waals surface area contributed by atoms with Gasteiger partial charge in [-0.3, -0.25) is 4.90 Å². The minimum atomic E-state index is -0.813. The Morgan fingerprint density at radius 3 is 2.62 bits per heavy atom. The molecule has 5 nitrogen and oxygen atoms in total. The second-order valence-electron chi connectivity index (χ2n) is 7.14. The number of rotatable bonds is 9. The molecule has 1 aromatic carbocycles. The van der Waals surface area contributed by atoms with Gasteiger partial charge < -0.3 is 14.6 Å². The van der Waals surface area contributed by atoms with Gasteiger partial charge in [0.25, 0.3) is 0 Å². The first-order valence-electron chi connectivity index (χ1n) is 9.37. The van der Waals surface area contributed by atoms with Gasteiger partial charge in [-0.05, 0) is 59.4 Å². The average Bonchev–Trinajstić information content (AvgIpc) is 2.62. The maximum atomic E-state index is 12.2. The third-order valence-electron chi connectivity index (χ3n) is 5.02. The van der Waals surface area contributed by atoms with E-state index in [1.807, 2.05) is 12.1 Å². The lowest BCUT2D eigenvalue weighted by molar-refractivity contribution is -0.0453. The fourth-order valence-corrected chi connectivity index (χ4v) is 4.57. The fraction of sp³-hybridized carbons (Fsp3) is 0.650. The van der Waals surface area contributed by atoms with Crippen molar-refractivity contribution in [2.45, 2.75) is 57.5 Å². The van der Waals surface area contributed by atoms with Crippen molar-refractivity contribution in [3.63, 3.8) is 0 Å². The number of benzene rings is 1. The molecule has 2 rings (SSSR count). The fourth-order valence-electron chi connectivity index (χ4n) is 3.82. The molecule has 1 fully saturated rings. The second kappa shape index (κ2) is 11.1. The summed E-state index contributed by atoms with van der Waals surface area (Å²) in [5, 5.41) is 10.0. The Kier molecular flexibility index (Phi) is 9.15. The molecule has 0 radical (unpaired) electrons. The molecule has 0 saturated heterocycles. The van der Waals surface area contributed by atoms with Crippen LogP contribution in [0.3, 0.4) is 0 Å². The predicted molar refractivity (Wildman–Crippen MR) is 110 cm³/mol. The summed E-state index contributed by atoms with van der Waals surface area (Å²) in [5.74, 6) is 0.233. The highest BCUT2D eigenvalue weighted by Crippen LogP contribution is 2.36. The van der Waals surface area contributed by atoms with Crippen molar-refractivity contribution in [1.82, 2.24) is 4.90 Å². The molecule has 0 heterocycles. The topological polar surface area (TPSA) is 59.0 Å². The van der Waals surface area contributed by atoms with Crippen LogP contribution < -0.4 is 0 Å². The molecule has 146 valence electrons. The summed E-state index contributed by atoms with van der Waals surface area (Å²) in [5.41, 5.74) is 1.10. The molecule has 1 aliphatic rings. The number of carboxylic acid groups (broad SMARTS) is 1. The van der Waals surface area contributed by atoms with Crippen LogP contribution >= 0.6 is 22.6 Å². The standard InChI is InChI=1S/C20H30INO4/c1-15(13-26-14-25-2)12-19(17-10-6-7-11-18(17)21)22(20(23)24)16-8-4-3-5-9-16/h6-7,10-11,15-16,19H,3-5,8-9,12-14H2,1-2H3,(H,23,24)/t15-,19-/m0/s1. The van der Waals surface area contributed by atoms with E-state index < -0.39 is 6.09 Å². The van der Waals surface area contributed by atoms with Gasteiger partial charge in [-0.25, -0.2) is 4.79 Å². The van der Waals surface area contributed by atoms with E-state index >= 15 is 0 Å². The van der Waals surface area contributed by atoms with Gasteiger partial charge in [-0.1, -0.05) is 44.4 Å². The maximum absolute atomic E-state index is 12.2. The Balaban J connectivity index is 2.25. The molecule has 0 bridgehead atoms. The lowest BCUT2D eigenvalue weighted by Gasteiger charge is -2.39. The number of amides is 1. The van der Waals surface area contributed by atoms with E-state index in [0.717, 1.165) is 41.2 Å². The van der Waals surface area contributed by atoms with Gasteiger partial charge >= 0.3 is 6.09 Å². The summed E-state index contributed by atoms with van der Waals surface area (Å²) < 4.78 is 11.6. The average molecular weight is 475 g/mol. The van der Waals surface area contributed by atoms with Crippen LogP contribution in [0.1, 0.15) is 57.1 Å². The largest absolute Gasteiger partial charge is 0.465 e. The van der Waals surface area contributed by atoms with E-state index in [2.05, 4.69) is 41.6 Å². The highest BCUT2D eigenvalue weighted by atomic mass is 127. The summed E-state index contributed by atoms with van der Waals surface area (Å²) in [6, 6.07) is 8.07. The van der Waals surface area contributed by atoms with Crippen LogP contribution in [0.2, 0.25) is 0 Å². The summed E-state index contributed by atoms with van der Waals surface area (Å²) in [6.45, 7) is 2.94. The molecule has 1 N–H and O–H groups in total. The Morgan fingerprint density at radius 1 is 1.31 bits per heavy atom. The smallest absolute Gasteiger partial charge is 0.408 e. The summed E-state index contributed by atoms with van der Waals surface area (Å²) in [7, 11) is 1.61. The van der Waals surface area contributed by atoms with Crippen molar-refractivity contribution in [3.05, 3.63) is 33.4 Å². The van der Waals surface area contributed by atoms with Gasteiger partial charge in [0.05, 0.1) is 12.6 Å². The molecule has 26 heavy (non-hydrogen) atoms. The molecular weight excluding hydrogens is 445 g/mol. The monoisotopic (exact) mass is 475 g/mol. The van der Waals surface area contributed by atoms with Gasteiger partial charge in [0.2, 0.25) is 0 Å². The second-order valence-corrected chi connectivity index (χ2v) is 8.30. The molecule has 1 saturated carbocycles. The van der Waals surface area contributed by atoms with E-state index in [1.165, 1.54) is 6.42 Å². The molecule has 2 atom stereocenters. The van der Waals surface area contributed by atoms with Crippen LogP contribution in [-0.2, 0) is 9.47 Å². The summed E-state index contributed by atoms with van der Waals surface area (Å²) in [4.78, 5) is 14.0. The van der Waals surface area contributed by atoms with E-state index in [4.69, 9.17) is 9.47 Å². The van der Waals surface area contributed by atoms with E-state index in [1.54, 1.807) is 12.0 Å². The zero-order chi connectivity index (χ0) is 18.9. The maximum Gasteiger partial charge on any atom is 0.408 e. The molecular formula is C20H30INO4. The Labute approximate surface area is 170 Å². The van der Waals surface area contributed by atoms with E-state index in [-0.39, 0.29) is 24.8 Å². The highest BCUT2D eigenvalue weighted by Gasteiger charge is 2.34. The number of carbonyl (C=O) groups is 1. The van der Waals surface area contributed by atoms with Gasteiger partial charge in [0.15, 0.2) is 0 Å². The first kappa shape index (κ1) is 21.4. The van der Waals surface area contributed by atoms with Crippen molar-refractivity contribution in [2.75, 3.05) is 20.5 Å². The van der Waals surface area contributed by atoms with Crippen molar-refractivity contribution >= 4 is 28.7 Å². The number of ether oxygens (including phenoxy) is 2. The van der Waals surface area contributed by atoms with E-state index in [0.29, 0.717) is 6.61 Å². The van der Waals surface area contributed by atoms with Crippen molar-refractivity contribution < 1.29 is 19.4 Å². The van der Waals surface area contributed by atoms with Crippen LogP contribution in [0.5, 0.6) is 0 Å². The Hall–Kier alpha value is -0.860. The van der Waals surface area contributed by atoms with Crippen LogP contribution in [0, 0.1) is 9.49 Å². The molecule has 6 heteroatoms. The molecule has 1 aromatic rings. The highest BCUT2D eigenvalue weighted by molar-refractivity contribution is 14.1. The zero-order valence-electron chi connectivity index (χ0n) is 15.7. The normalized spacial score (nSPS) is 17.7. The molecule has 0 aromatic heterocycles. The number of hydrogen-bond donors (Lipinski definition) is 1. The first-order valence-corrected chi connectivity index (χ1v) is 10.4. The minimum Gasteiger partial charge on any atom is -0.465 e. The number of hydrogen-bond acceptors (Lipinski definition) is 3. The lowest BCUT2D eigenvalue weighted by atomic mass is 9.89. The van der Waals surface area contributed by atoms with Crippen LogP contribution in [0.25, 0.3) is 0 Å². The number of methoxy groups -OCH3 is 1. The molecule has 0 aliphatic heterocycles. The summed E-state index contributed by atoms with van der Waals surface area (Å²) >= 11 is 2.31. The van der Waals surface area contributed by atoms with Crippen molar-refractivity contribution in [3.8, 4) is 0 Å². The lowest BCUT2D eigenvalue weighted by Crippen LogP contribution is -2.44. The Bertz CT molecular complexity index is 562. The molecule has 1 aliphatic carbocycles. The molecule has 0 unspecified atom stereocenters. The van der Waals surface area contributed by atoms with Gasteiger partial charge in [-0.2, -0.15) is 0 Å². The zero-order valence-corrected chi connectivity index (χ0v) is 17.9. The first-order chi connectivity index (χ1) is 12.5. The SMILES string of the molecule is COCOC[C@@H](C)C[C@@H](c1ccccc1I)N(C(=O)O)C1CCCCC1. The van der Waals surface area contributed by atoms with Crippen LogP contribution in [0.4, 0.5) is 4.79 Å². The quantitative estimate of drug-likeness (QED) is 0.300. The van der Waals surface area contributed by atoms with Gasteiger partial charge in [0.1, 0.15) is 6.79 Å². The number of nitrogens with zero attached hydrogens (tertiary/aromatic N) is 1. The number of halogens is 1. The minimum absolute atomic E-state index is 0.106. The van der Waals surface area contributed by atoms with Gasteiger partial charge in [-0.15, -0.1) is 0 Å². The van der Waals surface area contributed by atoms with E-state index in [9.17, 15) is 9.90 Å². The molecule has 1 amide bonds. The third kappa shape index (κ3) is 6.09. The third-order valence-corrected chi connectivity index (χ3v) is 6.00. The Morgan fingerprint density at radius 2 is 2.00 bits per heavy atom. The van der Waals surface area contributed by atoms with Crippen molar-refractivity contribution in [2.24, 2.45) is 5.92 Å². The summed E-state index contributed by atoms with van der Waals surface area (Å²) in [6.07, 6.45) is 5.28. The predicted octanol–water partition coefficient (Wildman–Crippen LogP) is 5.29. The van der Waals surface area contributed by atoms with Crippen LogP contribution in [-0.4, -0.2) is 42.7 Å². The van der Waals surface area contributed by atoms with Crippen LogP contribution in [0.15, 0.2) is 24.3 Å².